The molecule has 0 aliphatic rings. The van der Waals surface area contributed by atoms with Crippen LogP contribution in [0.2, 0.25) is 0 Å². The Morgan fingerprint density at radius 2 is 1.80 bits per heavy atom. The highest BCUT2D eigenvalue weighted by molar-refractivity contribution is 7.18. The van der Waals surface area contributed by atoms with E-state index in [2.05, 4.69) is 10.3 Å². The molecule has 0 spiro atoms. The Balaban J connectivity index is 1.90. The van der Waals surface area contributed by atoms with Crippen molar-refractivity contribution in [3.63, 3.8) is 0 Å². The minimum Gasteiger partial charge on any atom is -0.508 e. The average Bonchev–Trinajstić information content (AvgIpc) is 3.22. The summed E-state index contributed by atoms with van der Waals surface area (Å²) >= 11 is 0.844. The number of nitro groups is 2. The van der Waals surface area contributed by atoms with E-state index in [1.165, 1.54) is 12.1 Å². The van der Waals surface area contributed by atoms with Crippen LogP contribution in [0.1, 0.15) is 17.2 Å². The van der Waals surface area contributed by atoms with Crippen molar-refractivity contribution in [2.45, 2.75) is 6.04 Å². The van der Waals surface area contributed by atoms with Crippen LogP contribution in [-0.2, 0) is 0 Å². The average molecular weight is 422 g/mol. The summed E-state index contributed by atoms with van der Waals surface area (Å²) in [6.07, 6.45) is 1.14. The largest absolute Gasteiger partial charge is 0.508 e. The van der Waals surface area contributed by atoms with Gasteiger partial charge in [0.15, 0.2) is 5.13 Å². The topological polar surface area (TPSA) is 131 Å². The molecule has 1 aromatic heterocycles. The molecule has 1 unspecified atom stereocenters. The number of hydrogen-bond donors (Lipinski definition) is 2. The Kier molecular flexibility index (Phi) is 4.98. The third kappa shape index (κ3) is 3.63. The number of phenols is 1. The first-order valence-corrected chi connectivity index (χ1v) is 9.57. The molecular formula is C20H14N4O5S. The molecule has 0 amide bonds. The van der Waals surface area contributed by atoms with Crippen LogP contribution >= 0.6 is 11.3 Å². The standard InChI is InChI=1S/C20H14N4O5S/c25-16-9-8-12-4-1-2-7-15(12)18(16)19(13-5-3-6-14(10-13)23(26)27)22-20-21-11-17(30-20)24(28)29/h1-11,19,25H,(H,21,22). The van der Waals surface area contributed by atoms with Crippen molar-refractivity contribution in [2.24, 2.45) is 0 Å². The normalized spacial score (nSPS) is 11.9. The number of thiazole rings is 1. The van der Waals surface area contributed by atoms with Crippen LogP contribution in [0.4, 0.5) is 15.8 Å². The molecule has 3 aromatic carbocycles. The maximum absolute atomic E-state index is 11.3. The van der Waals surface area contributed by atoms with Crippen LogP contribution in [0.3, 0.4) is 0 Å². The SMILES string of the molecule is O=[N+]([O-])c1cccc(C(Nc2ncc([N+](=O)[O-])s2)c2c(O)ccc3ccccc23)c1. The second kappa shape index (κ2) is 7.76. The highest BCUT2D eigenvalue weighted by Gasteiger charge is 2.24. The van der Waals surface area contributed by atoms with Gasteiger partial charge in [0.05, 0.1) is 15.9 Å². The zero-order chi connectivity index (χ0) is 21.3. The Bertz CT molecular complexity index is 1270. The predicted octanol–water partition coefficient (Wildman–Crippen LogP) is 5.02. The molecule has 4 rings (SSSR count). The molecule has 150 valence electrons. The Labute approximate surface area is 173 Å². The zero-order valence-corrected chi connectivity index (χ0v) is 16.1. The number of aromatic nitrogens is 1. The Morgan fingerprint density at radius 1 is 1.00 bits per heavy atom. The number of rotatable bonds is 6. The van der Waals surface area contributed by atoms with E-state index in [0.717, 1.165) is 28.3 Å². The molecular weight excluding hydrogens is 408 g/mol. The van der Waals surface area contributed by atoms with E-state index in [1.54, 1.807) is 24.3 Å². The number of phenolic OH excluding ortho intramolecular Hbond substituents is 1. The fourth-order valence-corrected chi connectivity index (χ4v) is 3.93. The van der Waals surface area contributed by atoms with E-state index in [0.29, 0.717) is 11.1 Å². The van der Waals surface area contributed by atoms with Crippen molar-refractivity contribution >= 4 is 37.9 Å². The summed E-state index contributed by atoms with van der Waals surface area (Å²) in [6.45, 7) is 0. The zero-order valence-electron chi connectivity index (χ0n) is 15.3. The molecule has 30 heavy (non-hydrogen) atoms. The van der Waals surface area contributed by atoms with E-state index in [-0.39, 0.29) is 21.6 Å². The van der Waals surface area contributed by atoms with Crippen molar-refractivity contribution in [3.8, 4) is 5.75 Å². The molecule has 0 aliphatic carbocycles. The minimum absolute atomic E-state index is 0.0104. The molecule has 0 aliphatic heterocycles. The van der Waals surface area contributed by atoms with Gasteiger partial charge in [0.2, 0.25) is 0 Å². The van der Waals surface area contributed by atoms with Gasteiger partial charge in [-0.3, -0.25) is 20.2 Å². The molecule has 4 aromatic rings. The molecule has 0 bridgehead atoms. The first kappa shape index (κ1) is 19.3. The monoisotopic (exact) mass is 422 g/mol. The van der Waals surface area contributed by atoms with Gasteiger partial charge in [0.25, 0.3) is 5.69 Å². The summed E-state index contributed by atoms with van der Waals surface area (Å²) in [7, 11) is 0. The lowest BCUT2D eigenvalue weighted by molar-refractivity contribution is -0.384. The van der Waals surface area contributed by atoms with Crippen molar-refractivity contribution in [2.75, 3.05) is 5.32 Å². The third-order valence-electron chi connectivity index (χ3n) is 4.59. The first-order valence-electron chi connectivity index (χ1n) is 8.76. The lowest BCUT2D eigenvalue weighted by atomic mass is 9.92. The molecule has 0 saturated carbocycles. The minimum atomic E-state index is -0.734. The van der Waals surface area contributed by atoms with Crippen molar-refractivity contribution < 1.29 is 15.0 Å². The Hall–Kier alpha value is -4.05. The number of aromatic hydroxyl groups is 1. The van der Waals surface area contributed by atoms with E-state index in [4.69, 9.17) is 0 Å². The van der Waals surface area contributed by atoms with Crippen molar-refractivity contribution in [1.82, 2.24) is 4.98 Å². The summed E-state index contributed by atoms with van der Waals surface area (Å²) in [4.78, 5) is 25.3. The van der Waals surface area contributed by atoms with Gasteiger partial charge in [-0.25, -0.2) is 4.98 Å². The maximum atomic E-state index is 11.3. The second-order valence-corrected chi connectivity index (χ2v) is 7.42. The van der Waals surface area contributed by atoms with E-state index in [9.17, 15) is 25.3 Å². The van der Waals surface area contributed by atoms with Crippen molar-refractivity contribution in [3.05, 3.63) is 98.2 Å². The predicted molar refractivity (Wildman–Crippen MR) is 113 cm³/mol. The van der Waals surface area contributed by atoms with Crippen LogP contribution in [0, 0.1) is 20.2 Å². The Morgan fingerprint density at radius 3 is 2.53 bits per heavy atom. The number of benzene rings is 3. The molecule has 0 saturated heterocycles. The maximum Gasteiger partial charge on any atom is 0.345 e. The van der Waals surface area contributed by atoms with E-state index >= 15 is 0 Å². The highest BCUT2D eigenvalue weighted by atomic mass is 32.1. The molecule has 1 heterocycles. The fourth-order valence-electron chi connectivity index (χ4n) is 3.27. The van der Waals surface area contributed by atoms with Crippen LogP contribution in [0.5, 0.6) is 5.75 Å². The second-order valence-electron chi connectivity index (χ2n) is 6.41. The van der Waals surface area contributed by atoms with Crippen LogP contribution in [0.25, 0.3) is 10.8 Å². The number of non-ortho nitro benzene ring substituents is 1. The fraction of sp³-hybridized carbons (Fsp3) is 0.0500. The summed E-state index contributed by atoms with van der Waals surface area (Å²) in [6, 6.07) is 16.0. The highest BCUT2D eigenvalue weighted by Crippen LogP contribution is 2.39. The third-order valence-corrected chi connectivity index (χ3v) is 5.47. The quantitative estimate of drug-likeness (QED) is 0.329. The summed E-state index contributed by atoms with van der Waals surface area (Å²) in [5, 5.41) is 37.8. The van der Waals surface area contributed by atoms with Gasteiger partial charge in [0, 0.05) is 17.7 Å². The van der Waals surface area contributed by atoms with Gasteiger partial charge in [-0.2, -0.15) is 0 Å². The van der Waals surface area contributed by atoms with E-state index < -0.39 is 15.9 Å². The van der Waals surface area contributed by atoms with Crippen LogP contribution < -0.4 is 5.32 Å². The number of hydrogen-bond acceptors (Lipinski definition) is 8. The van der Waals surface area contributed by atoms with Crippen LogP contribution in [-0.4, -0.2) is 19.9 Å². The number of anilines is 1. The number of nitrogens with zero attached hydrogens (tertiary/aromatic N) is 3. The van der Waals surface area contributed by atoms with Gasteiger partial charge < -0.3 is 10.4 Å². The lowest BCUT2D eigenvalue weighted by Gasteiger charge is -2.22. The smallest absolute Gasteiger partial charge is 0.345 e. The molecule has 0 fully saturated rings. The van der Waals surface area contributed by atoms with E-state index in [1.807, 2.05) is 24.3 Å². The summed E-state index contributed by atoms with van der Waals surface area (Å²) in [5.74, 6) is -0.0104. The van der Waals surface area contributed by atoms with Gasteiger partial charge in [-0.1, -0.05) is 42.5 Å². The van der Waals surface area contributed by atoms with Gasteiger partial charge in [-0.15, -0.1) is 0 Å². The molecule has 0 radical (unpaired) electrons. The number of nitro benzene ring substituents is 1. The molecule has 9 nitrogen and oxygen atoms in total. The molecule has 1 atom stereocenters. The van der Waals surface area contributed by atoms with Crippen molar-refractivity contribution in [1.29, 1.82) is 0 Å². The van der Waals surface area contributed by atoms with Gasteiger partial charge in [0.1, 0.15) is 11.9 Å². The number of fused-ring (bicyclic) bond motifs is 1. The lowest BCUT2D eigenvalue weighted by Crippen LogP contribution is -2.13. The molecule has 2 N–H and O–H groups in total. The van der Waals surface area contributed by atoms with Gasteiger partial charge >= 0.3 is 5.00 Å². The summed E-state index contributed by atoms with van der Waals surface area (Å²) in [5.41, 5.74) is 0.893. The number of nitrogens with one attached hydrogen (secondary N) is 1. The first-order chi connectivity index (χ1) is 14.4. The summed E-state index contributed by atoms with van der Waals surface area (Å²) < 4.78 is 0. The molecule has 10 heteroatoms. The van der Waals surface area contributed by atoms with Gasteiger partial charge in [-0.05, 0) is 33.7 Å². The van der Waals surface area contributed by atoms with Crippen LogP contribution in [0.15, 0.2) is 66.9 Å².